The third-order valence-electron chi connectivity index (χ3n) is 3.82. The van der Waals surface area contributed by atoms with Crippen LogP contribution in [0.15, 0.2) is 36.5 Å². The van der Waals surface area contributed by atoms with Gasteiger partial charge in [-0.05, 0) is 30.7 Å². The maximum atomic E-state index is 12.9. The van der Waals surface area contributed by atoms with Crippen LogP contribution in [-0.4, -0.2) is 40.5 Å². The summed E-state index contributed by atoms with van der Waals surface area (Å²) >= 11 is 0. The smallest absolute Gasteiger partial charge is 0.227 e. The molecule has 0 aliphatic carbocycles. The van der Waals surface area contributed by atoms with Gasteiger partial charge in [0, 0.05) is 12.7 Å². The van der Waals surface area contributed by atoms with Gasteiger partial charge < -0.3 is 9.64 Å². The second-order valence-corrected chi connectivity index (χ2v) is 5.53. The van der Waals surface area contributed by atoms with Gasteiger partial charge in [-0.3, -0.25) is 4.79 Å². The molecular formula is C17H18FN3O2. The van der Waals surface area contributed by atoms with Crippen LogP contribution in [0.3, 0.4) is 0 Å². The van der Waals surface area contributed by atoms with Crippen molar-refractivity contribution in [2.24, 2.45) is 0 Å². The summed E-state index contributed by atoms with van der Waals surface area (Å²) in [7, 11) is 0. The monoisotopic (exact) mass is 315 g/mol. The quantitative estimate of drug-likeness (QED) is 0.870. The van der Waals surface area contributed by atoms with Crippen LogP contribution in [0, 0.1) is 12.7 Å². The van der Waals surface area contributed by atoms with E-state index in [1.165, 1.54) is 12.1 Å². The first-order valence-electron chi connectivity index (χ1n) is 7.55. The number of benzene rings is 1. The molecule has 1 aliphatic heterocycles. The van der Waals surface area contributed by atoms with Crippen molar-refractivity contribution in [1.82, 2.24) is 14.9 Å². The van der Waals surface area contributed by atoms with Crippen LogP contribution in [-0.2, 0) is 16.0 Å². The van der Waals surface area contributed by atoms with Gasteiger partial charge in [-0.1, -0.05) is 12.1 Å². The summed E-state index contributed by atoms with van der Waals surface area (Å²) in [6, 6.07) is 7.83. The Labute approximate surface area is 134 Å². The molecule has 1 saturated heterocycles. The van der Waals surface area contributed by atoms with E-state index in [0.717, 1.165) is 11.3 Å². The number of aryl methyl sites for hydroxylation is 1. The second-order valence-electron chi connectivity index (χ2n) is 5.53. The maximum absolute atomic E-state index is 12.9. The van der Waals surface area contributed by atoms with E-state index in [0.29, 0.717) is 25.5 Å². The van der Waals surface area contributed by atoms with Crippen molar-refractivity contribution in [3.63, 3.8) is 0 Å². The second kappa shape index (κ2) is 6.83. The van der Waals surface area contributed by atoms with Crippen LogP contribution in [0.2, 0.25) is 0 Å². The summed E-state index contributed by atoms with van der Waals surface area (Å²) in [5.41, 5.74) is 1.59. The van der Waals surface area contributed by atoms with Crippen LogP contribution in [0.5, 0.6) is 0 Å². The Morgan fingerprint density at radius 2 is 2.13 bits per heavy atom. The summed E-state index contributed by atoms with van der Waals surface area (Å²) in [6.45, 7) is 3.32. The Kier molecular flexibility index (Phi) is 4.62. The van der Waals surface area contributed by atoms with E-state index in [2.05, 4.69) is 9.97 Å². The average Bonchev–Trinajstić information content (AvgIpc) is 2.57. The highest BCUT2D eigenvalue weighted by molar-refractivity contribution is 5.78. The van der Waals surface area contributed by atoms with Crippen LogP contribution >= 0.6 is 0 Å². The highest BCUT2D eigenvalue weighted by Crippen LogP contribution is 2.21. The number of rotatable bonds is 3. The summed E-state index contributed by atoms with van der Waals surface area (Å²) < 4.78 is 18.7. The van der Waals surface area contributed by atoms with Gasteiger partial charge in [-0.2, -0.15) is 0 Å². The molecule has 23 heavy (non-hydrogen) atoms. The SMILES string of the molecule is Cc1nccc([C@H]2CN(C(=O)Cc3ccc(F)cc3)CCO2)n1. The zero-order valence-corrected chi connectivity index (χ0v) is 12.9. The third-order valence-corrected chi connectivity index (χ3v) is 3.82. The average molecular weight is 315 g/mol. The first-order chi connectivity index (χ1) is 11.1. The van der Waals surface area contributed by atoms with E-state index in [4.69, 9.17) is 4.74 Å². The summed E-state index contributed by atoms with van der Waals surface area (Å²) in [5, 5.41) is 0. The highest BCUT2D eigenvalue weighted by Gasteiger charge is 2.26. The Bertz CT molecular complexity index is 690. The summed E-state index contributed by atoms with van der Waals surface area (Å²) in [5.74, 6) is 0.392. The van der Waals surface area contributed by atoms with Gasteiger partial charge in [0.25, 0.3) is 0 Å². The molecule has 2 heterocycles. The van der Waals surface area contributed by atoms with Gasteiger partial charge in [0.15, 0.2) is 0 Å². The molecule has 0 spiro atoms. The van der Waals surface area contributed by atoms with Crippen LogP contribution < -0.4 is 0 Å². The summed E-state index contributed by atoms with van der Waals surface area (Å²) in [6.07, 6.45) is 1.72. The standard InChI is InChI=1S/C17H18FN3O2/c1-12-19-7-6-15(20-12)16-11-21(8-9-23-16)17(22)10-13-2-4-14(18)5-3-13/h2-7,16H,8-11H2,1H3/t16-/m1/s1. The summed E-state index contributed by atoms with van der Waals surface area (Å²) in [4.78, 5) is 22.7. The molecule has 6 heteroatoms. The normalized spacial score (nSPS) is 18.0. The Balaban J connectivity index is 1.65. The maximum Gasteiger partial charge on any atom is 0.227 e. The van der Waals surface area contributed by atoms with E-state index < -0.39 is 0 Å². The lowest BCUT2D eigenvalue weighted by atomic mass is 10.1. The van der Waals surface area contributed by atoms with Crippen molar-refractivity contribution >= 4 is 5.91 Å². The van der Waals surface area contributed by atoms with Crippen molar-refractivity contribution in [2.45, 2.75) is 19.4 Å². The highest BCUT2D eigenvalue weighted by atomic mass is 19.1. The molecule has 0 N–H and O–H groups in total. The molecule has 1 atom stereocenters. The minimum Gasteiger partial charge on any atom is -0.368 e. The fourth-order valence-corrected chi connectivity index (χ4v) is 2.60. The Morgan fingerprint density at radius 1 is 1.35 bits per heavy atom. The largest absolute Gasteiger partial charge is 0.368 e. The van der Waals surface area contributed by atoms with Gasteiger partial charge in [0.1, 0.15) is 17.7 Å². The minimum absolute atomic E-state index is 0.00989. The molecule has 1 amide bonds. The van der Waals surface area contributed by atoms with Crippen LogP contribution in [0.25, 0.3) is 0 Å². The fourth-order valence-electron chi connectivity index (χ4n) is 2.60. The fraction of sp³-hybridized carbons (Fsp3) is 0.353. The molecule has 1 aromatic heterocycles. The molecule has 5 nitrogen and oxygen atoms in total. The van der Waals surface area contributed by atoms with Gasteiger partial charge in [-0.15, -0.1) is 0 Å². The lowest BCUT2D eigenvalue weighted by Gasteiger charge is -2.32. The Morgan fingerprint density at radius 3 is 2.87 bits per heavy atom. The van der Waals surface area contributed by atoms with Gasteiger partial charge in [-0.25, -0.2) is 14.4 Å². The molecule has 3 rings (SSSR count). The van der Waals surface area contributed by atoms with Crippen molar-refractivity contribution in [3.8, 4) is 0 Å². The van der Waals surface area contributed by atoms with E-state index in [-0.39, 0.29) is 24.2 Å². The number of halogens is 1. The first kappa shape index (κ1) is 15.6. The van der Waals surface area contributed by atoms with Crippen LogP contribution in [0.4, 0.5) is 4.39 Å². The van der Waals surface area contributed by atoms with Gasteiger partial charge >= 0.3 is 0 Å². The van der Waals surface area contributed by atoms with E-state index >= 15 is 0 Å². The zero-order valence-electron chi connectivity index (χ0n) is 12.9. The number of carbonyl (C=O) groups is 1. The molecule has 1 aromatic carbocycles. The number of aromatic nitrogens is 2. The van der Waals surface area contributed by atoms with Crippen molar-refractivity contribution in [2.75, 3.05) is 19.7 Å². The topological polar surface area (TPSA) is 55.3 Å². The number of hydrogen-bond acceptors (Lipinski definition) is 4. The van der Waals surface area contributed by atoms with Gasteiger partial charge in [0.2, 0.25) is 5.91 Å². The lowest BCUT2D eigenvalue weighted by molar-refractivity contribution is -0.138. The number of ether oxygens (including phenoxy) is 1. The molecule has 0 radical (unpaired) electrons. The molecule has 2 aromatic rings. The van der Waals surface area contributed by atoms with Crippen molar-refractivity contribution in [3.05, 3.63) is 59.4 Å². The van der Waals surface area contributed by atoms with Gasteiger partial charge in [0.05, 0.1) is 25.3 Å². The molecule has 0 bridgehead atoms. The predicted octanol–water partition coefficient (Wildman–Crippen LogP) is 2.07. The third kappa shape index (κ3) is 3.90. The molecule has 120 valence electrons. The van der Waals surface area contributed by atoms with Crippen molar-refractivity contribution in [1.29, 1.82) is 0 Å². The minimum atomic E-state index is -0.299. The molecule has 0 unspecified atom stereocenters. The lowest BCUT2D eigenvalue weighted by Crippen LogP contribution is -2.43. The van der Waals surface area contributed by atoms with E-state index in [1.54, 1.807) is 23.2 Å². The number of amides is 1. The molecule has 1 fully saturated rings. The predicted molar refractivity (Wildman–Crippen MR) is 82.1 cm³/mol. The number of hydrogen-bond donors (Lipinski definition) is 0. The molecular weight excluding hydrogens is 297 g/mol. The van der Waals surface area contributed by atoms with E-state index in [9.17, 15) is 9.18 Å². The van der Waals surface area contributed by atoms with E-state index in [1.807, 2.05) is 13.0 Å². The molecule has 0 saturated carbocycles. The van der Waals surface area contributed by atoms with Crippen LogP contribution in [0.1, 0.15) is 23.2 Å². The Hall–Kier alpha value is -2.34. The number of morpholine rings is 1. The molecule has 1 aliphatic rings. The number of carbonyl (C=O) groups excluding carboxylic acids is 1. The first-order valence-corrected chi connectivity index (χ1v) is 7.55. The number of nitrogens with zero attached hydrogens (tertiary/aromatic N) is 3. The van der Waals surface area contributed by atoms with Crippen molar-refractivity contribution < 1.29 is 13.9 Å². The zero-order chi connectivity index (χ0) is 16.2.